The third kappa shape index (κ3) is 3.75. The van der Waals surface area contributed by atoms with Crippen molar-refractivity contribution in [1.29, 1.82) is 5.26 Å². The van der Waals surface area contributed by atoms with Gasteiger partial charge in [-0.1, -0.05) is 24.3 Å². The highest BCUT2D eigenvalue weighted by atomic mass is 32.1. The highest BCUT2D eigenvalue weighted by molar-refractivity contribution is 7.07. The molecule has 0 atom stereocenters. The van der Waals surface area contributed by atoms with Crippen LogP contribution in [0.3, 0.4) is 0 Å². The summed E-state index contributed by atoms with van der Waals surface area (Å²) in [5.74, 6) is -0.319. The van der Waals surface area contributed by atoms with Gasteiger partial charge in [0.15, 0.2) is 5.57 Å². The summed E-state index contributed by atoms with van der Waals surface area (Å²) in [5.41, 5.74) is 0.982. The van der Waals surface area contributed by atoms with Crippen LogP contribution in [0.1, 0.15) is 18.5 Å². The molecule has 0 saturated carbocycles. The molecule has 1 fully saturated rings. The van der Waals surface area contributed by atoms with Crippen LogP contribution in [0.15, 0.2) is 59.5 Å². The smallest absolute Gasteiger partial charge is 0.273 e. The zero-order valence-electron chi connectivity index (χ0n) is 15.6. The fraction of sp³-hybridized carbons (Fsp3) is 0.182. The highest BCUT2D eigenvalue weighted by Gasteiger charge is 2.24. The molecule has 144 valence electrons. The highest BCUT2D eigenvalue weighted by Crippen LogP contribution is 2.12. The predicted molar refractivity (Wildman–Crippen MR) is 112 cm³/mol. The minimum Gasteiger partial charge on any atom is -0.338 e. The number of hydrogen-bond acceptors (Lipinski definition) is 5. The van der Waals surface area contributed by atoms with E-state index in [-0.39, 0.29) is 17.0 Å². The van der Waals surface area contributed by atoms with Gasteiger partial charge in [0, 0.05) is 19.3 Å². The molecule has 3 aromatic rings. The number of carbonyl (C=O) groups excluding carboxylic acids is 1. The van der Waals surface area contributed by atoms with Gasteiger partial charge in [0.25, 0.3) is 11.5 Å². The van der Waals surface area contributed by atoms with E-state index in [1.807, 2.05) is 24.3 Å². The van der Waals surface area contributed by atoms with E-state index >= 15 is 0 Å². The van der Waals surface area contributed by atoms with Crippen LogP contribution in [-0.4, -0.2) is 33.4 Å². The molecule has 3 heterocycles. The van der Waals surface area contributed by atoms with E-state index in [1.54, 1.807) is 41.4 Å². The molecule has 0 bridgehead atoms. The first-order valence-corrected chi connectivity index (χ1v) is 10.1. The van der Waals surface area contributed by atoms with Gasteiger partial charge in [0.05, 0.1) is 15.9 Å². The van der Waals surface area contributed by atoms with Crippen molar-refractivity contribution in [3.05, 3.63) is 80.0 Å². The zero-order valence-corrected chi connectivity index (χ0v) is 16.4. The van der Waals surface area contributed by atoms with Gasteiger partial charge in [-0.25, -0.2) is 0 Å². The molecular weight excluding hydrogens is 384 g/mol. The third-order valence-corrected chi connectivity index (χ3v) is 5.83. The molecule has 0 spiro atoms. The Labute approximate surface area is 171 Å². The summed E-state index contributed by atoms with van der Waals surface area (Å²) in [6, 6.07) is 16.6. The van der Waals surface area contributed by atoms with Gasteiger partial charge in [-0.2, -0.15) is 5.26 Å². The van der Waals surface area contributed by atoms with E-state index < -0.39 is 0 Å². The first-order chi connectivity index (χ1) is 14.2. The van der Waals surface area contributed by atoms with Crippen LogP contribution in [0.4, 0.5) is 0 Å². The van der Waals surface area contributed by atoms with E-state index in [2.05, 4.69) is 11.1 Å². The average molecular weight is 402 g/mol. The lowest BCUT2D eigenvalue weighted by Gasteiger charge is -2.14. The Hall–Kier alpha value is -3.50. The predicted octanol–water partition coefficient (Wildman–Crippen LogP) is 1.42. The number of aromatic nitrogens is 2. The van der Waals surface area contributed by atoms with Crippen molar-refractivity contribution in [2.24, 2.45) is 0 Å². The molecule has 1 saturated heterocycles. The summed E-state index contributed by atoms with van der Waals surface area (Å²) in [4.78, 5) is 32.1. The molecule has 0 radical (unpaired) electrons. The van der Waals surface area contributed by atoms with E-state index in [9.17, 15) is 14.9 Å². The van der Waals surface area contributed by atoms with Crippen LogP contribution in [-0.2, 0) is 4.79 Å². The number of pyridine rings is 1. The Balaban J connectivity index is 2.01. The maximum Gasteiger partial charge on any atom is 0.273 e. The van der Waals surface area contributed by atoms with Gasteiger partial charge in [0.1, 0.15) is 10.7 Å². The van der Waals surface area contributed by atoms with Crippen molar-refractivity contribution in [3.63, 3.8) is 0 Å². The van der Waals surface area contributed by atoms with Crippen molar-refractivity contribution < 1.29 is 4.79 Å². The van der Waals surface area contributed by atoms with Crippen LogP contribution >= 0.6 is 11.3 Å². The first-order valence-electron chi connectivity index (χ1n) is 9.33. The van der Waals surface area contributed by atoms with Crippen LogP contribution < -0.4 is 14.8 Å². The monoisotopic (exact) mass is 402 g/mol. The lowest BCUT2D eigenvalue weighted by atomic mass is 10.2. The number of benzene rings is 1. The fourth-order valence-corrected chi connectivity index (χ4v) is 4.40. The summed E-state index contributed by atoms with van der Waals surface area (Å²) in [5, 5.41) is 9.81. The maximum atomic E-state index is 13.2. The van der Waals surface area contributed by atoms with E-state index in [1.165, 1.54) is 4.57 Å². The second-order valence-corrected chi connectivity index (χ2v) is 7.66. The Morgan fingerprint density at radius 1 is 1.10 bits per heavy atom. The van der Waals surface area contributed by atoms with Crippen LogP contribution in [0.25, 0.3) is 17.3 Å². The summed E-state index contributed by atoms with van der Waals surface area (Å²) < 4.78 is 2.22. The number of amides is 1. The quantitative estimate of drug-likeness (QED) is 0.664. The van der Waals surface area contributed by atoms with Crippen LogP contribution in [0, 0.1) is 11.3 Å². The Morgan fingerprint density at radius 2 is 1.83 bits per heavy atom. The summed E-state index contributed by atoms with van der Waals surface area (Å²) in [6.07, 6.45) is 5.20. The zero-order chi connectivity index (χ0) is 20.2. The van der Waals surface area contributed by atoms with Crippen LogP contribution in [0.2, 0.25) is 0 Å². The molecule has 0 unspecified atom stereocenters. The normalized spacial score (nSPS) is 15.3. The number of rotatable bonds is 3. The molecule has 0 aliphatic carbocycles. The molecule has 1 aliphatic rings. The standard InChI is InChI=1S/C22H18N4O2S/c23-15-18(20(27)25-12-6-7-13-25)22-26(17-9-2-1-3-10-17)21(28)19(29-22)14-16-8-4-5-11-24-16/h1-5,8-11,14H,6-7,12-13H2/b19-14+,22-18-. The van der Waals surface area contributed by atoms with E-state index in [0.29, 0.717) is 33.7 Å². The van der Waals surface area contributed by atoms with Gasteiger partial charge in [0.2, 0.25) is 0 Å². The topological polar surface area (TPSA) is 79.0 Å². The van der Waals surface area contributed by atoms with E-state index in [0.717, 1.165) is 24.2 Å². The van der Waals surface area contributed by atoms with Crippen LogP contribution in [0.5, 0.6) is 0 Å². The Kier molecular flexibility index (Phi) is 5.36. The minimum atomic E-state index is -0.319. The molecule has 4 rings (SSSR count). The molecule has 1 aromatic carbocycles. The molecule has 6 nitrogen and oxygen atoms in total. The summed E-state index contributed by atoms with van der Waals surface area (Å²) in [6.45, 7) is 1.27. The number of thiazole rings is 1. The van der Waals surface area contributed by atoms with Gasteiger partial charge >= 0.3 is 0 Å². The number of para-hydroxylation sites is 1. The van der Waals surface area contributed by atoms with Gasteiger partial charge in [-0.15, -0.1) is 11.3 Å². The number of nitrogens with zero attached hydrogens (tertiary/aromatic N) is 4. The number of nitriles is 1. The second kappa shape index (κ2) is 8.25. The molecule has 1 aliphatic heterocycles. The number of likely N-dealkylation sites (tertiary alicyclic amines) is 1. The van der Waals surface area contributed by atoms with Gasteiger partial charge in [-0.05, 0) is 43.2 Å². The van der Waals surface area contributed by atoms with Crippen molar-refractivity contribution in [1.82, 2.24) is 14.5 Å². The number of hydrogen-bond donors (Lipinski definition) is 0. The molecule has 1 amide bonds. The summed E-state index contributed by atoms with van der Waals surface area (Å²) >= 11 is 1.14. The largest absolute Gasteiger partial charge is 0.338 e. The third-order valence-electron chi connectivity index (χ3n) is 4.74. The lowest BCUT2D eigenvalue weighted by Crippen LogP contribution is -2.35. The lowest BCUT2D eigenvalue weighted by molar-refractivity contribution is -0.123. The Bertz CT molecular complexity index is 1250. The Morgan fingerprint density at radius 3 is 2.48 bits per heavy atom. The minimum absolute atomic E-state index is 0.00137. The second-order valence-electron chi connectivity index (χ2n) is 6.63. The van der Waals surface area contributed by atoms with Crippen molar-refractivity contribution in [3.8, 4) is 11.8 Å². The molecule has 0 N–H and O–H groups in total. The maximum absolute atomic E-state index is 13.2. The SMILES string of the molecule is N#C/C(C(=O)N1CCCC1)=c1/s/c(=C/c2ccccn2)c(=O)n1-c1ccccc1. The first kappa shape index (κ1) is 18.8. The molecule has 2 aromatic heterocycles. The summed E-state index contributed by atoms with van der Waals surface area (Å²) in [7, 11) is 0. The van der Waals surface area contributed by atoms with Crippen molar-refractivity contribution in [2.45, 2.75) is 12.8 Å². The molecule has 7 heteroatoms. The number of carbonyl (C=O) groups is 1. The van der Waals surface area contributed by atoms with E-state index in [4.69, 9.17) is 0 Å². The molecular formula is C22H18N4O2S. The average Bonchev–Trinajstić information content (AvgIpc) is 3.39. The fourth-order valence-electron chi connectivity index (χ4n) is 3.32. The molecule has 29 heavy (non-hydrogen) atoms. The van der Waals surface area contributed by atoms with Crippen molar-refractivity contribution >= 4 is 28.9 Å². The van der Waals surface area contributed by atoms with Gasteiger partial charge < -0.3 is 4.90 Å². The van der Waals surface area contributed by atoms with Crippen molar-refractivity contribution in [2.75, 3.05) is 13.1 Å². The van der Waals surface area contributed by atoms with Gasteiger partial charge in [-0.3, -0.25) is 19.1 Å².